The number of nitrogens with zero attached hydrogens (tertiary/aromatic N) is 2. The fourth-order valence-corrected chi connectivity index (χ4v) is 4.37. The Bertz CT molecular complexity index is 1140. The zero-order valence-electron chi connectivity index (χ0n) is 20.1. The van der Waals surface area contributed by atoms with Crippen LogP contribution in [0.2, 0.25) is 0 Å². The van der Waals surface area contributed by atoms with E-state index in [9.17, 15) is 23.2 Å². The lowest BCUT2D eigenvalue weighted by Gasteiger charge is -2.34. The first kappa shape index (κ1) is 25.6. The number of benzene rings is 2. The number of hydrogen-bond donors (Lipinski definition) is 1. The quantitative estimate of drug-likeness (QED) is 0.532. The highest BCUT2D eigenvalue weighted by Crippen LogP contribution is 2.34. The molecule has 8 nitrogen and oxygen atoms in total. The molecule has 0 spiro atoms. The summed E-state index contributed by atoms with van der Waals surface area (Å²) >= 11 is 0. The molecule has 192 valence electrons. The van der Waals surface area contributed by atoms with E-state index < -0.39 is 36.0 Å². The third kappa shape index (κ3) is 5.99. The lowest BCUT2D eigenvalue weighted by molar-refractivity contribution is -0.127. The van der Waals surface area contributed by atoms with Gasteiger partial charge >= 0.3 is 0 Å². The lowest BCUT2D eigenvalue weighted by atomic mass is 10.1. The first-order valence-electron chi connectivity index (χ1n) is 12.0. The highest BCUT2D eigenvalue weighted by molar-refractivity contribution is 6.05. The van der Waals surface area contributed by atoms with Gasteiger partial charge in [-0.25, -0.2) is 8.78 Å². The molecule has 0 aromatic heterocycles. The van der Waals surface area contributed by atoms with Gasteiger partial charge < -0.3 is 19.7 Å². The van der Waals surface area contributed by atoms with Crippen molar-refractivity contribution >= 4 is 23.3 Å². The van der Waals surface area contributed by atoms with Crippen molar-refractivity contribution in [3.8, 4) is 11.5 Å². The number of halogens is 2. The molecule has 2 aliphatic rings. The van der Waals surface area contributed by atoms with Crippen molar-refractivity contribution in [2.75, 3.05) is 44.3 Å². The standard InChI is InChI=1S/C26H29F2N3O5/c1-17(26(34)29-9-12-30-10-3-2-4-11-30)31-21-13-18(5-7-24(21)36-16-25(31)33)22(32)15-35-23-8-6-19(27)14-20(23)28/h5-8,13-14,17H,2-4,9-12,15-16H2,1H3,(H,29,34)/t17-/m0/s1. The third-order valence-electron chi connectivity index (χ3n) is 6.36. The number of ether oxygens (including phenoxy) is 2. The minimum Gasteiger partial charge on any atom is -0.482 e. The molecule has 0 aliphatic carbocycles. The van der Waals surface area contributed by atoms with Crippen LogP contribution in [0.3, 0.4) is 0 Å². The first-order chi connectivity index (χ1) is 17.3. The second kappa shape index (κ2) is 11.5. The minimum absolute atomic E-state index is 0.192. The summed E-state index contributed by atoms with van der Waals surface area (Å²) in [7, 11) is 0. The van der Waals surface area contributed by atoms with Crippen molar-refractivity contribution in [1.29, 1.82) is 0 Å². The largest absolute Gasteiger partial charge is 0.482 e. The summed E-state index contributed by atoms with van der Waals surface area (Å²) < 4.78 is 37.6. The molecule has 0 unspecified atom stereocenters. The van der Waals surface area contributed by atoms with Crippen LogP contribution in [0.4, 0.5) is 14.5 Å². The van der Waals surface area contributed by atoms with Crippen LogP contribution in [-0.4, -0.2) is 67.9 Å². The zero-order chi connectivity index (χ0) is 25.7. The topological polar surface area (TPSA) is 88.2 Å². The monoisotopic (exact) mass is 501 g/mol. The molecular formula is C26H29F2N3O5. The Balaban J connectivity index is 1.42. The smallest absolute Gasteiger partial charge is 0.265 e. The Labute approximate surface area is 208 Å². The summed E-state index contributed by atoms with van der Waals surface area (Å²) in [5.41, 5.74) is 0.487. The maximum Gasteiger partial charge on any atom is 0.265 e. The second-order valence-corrected chi connectivity index (χ2v) is 8.89. The average Bonchev–Trinajstić information content (AvgIpc) is 2.87. The normalized spacial score (nSPS) is 16.6. The van der Waals surface area contributed by atoms with Crippen LogP contribution in [0.15, 0.2) is 36.4 Å². The van der Waals surface area contributed by atoms with E-state index in [4.69, 9.17) is 9.47 Å². The van der Waals surface area contributed by atoms with Crippen molar-refractivity contribution in [1.82, 2.24) is 10.2 Å². The van der Waals surface area contributed by atoms with Crippen LogP contribution in [0.1, 0.15) is 36.5 Å². The van der Waals surface area contributed by atoms with E-state index in [-0.39, 0.29) is 23.8 Å². The Morgan fingerprint density at radius 1 is 1.11 bits per heavy atom. The van der Waals surface area contributed by atoms with Gasteiger partial charge in [-0.3, -0.25) is 19.3 Å². The molecule has 0 saturated carbocycles. The Hall–Kier alpha value is -3.53. The number of nitrogens with one attached hydrogen (secondary N) is 1. The van der Waals surface area contributed by atoms with Gasteiger partial charge in [0.2, 0.25) is 5.91 Å². The van der Waals surface area contributed by atoms with Gasteiger partial charge in [-0.1, -0.05) is 6.42 Å². The molecule has 2 amide bonds. The van der Waals surface area contributed by atoms with Crippen molar-refractivity contribution in [3.05, 3.63) is 53.6 Å². The molecule has 1 saturated heterocycles. The van der Waals surface area contributed by atoms with Gasteiger partial charge in [0.05, 0.1) is 5.69 Å². The van der Waals surface area contributed by atoms with Gasteiger partial charge in [0, 0.05) is 24.7 Å². The number of carbonyl (C=O) groups is 3. The molecule has 1 atom stereocenters. The van der Waals surface area contributed by atoms with Crippen molar-refractivity contribution in [2.45, 2.75) is 32.2 Å². The molecule has 4 rings (SSSR count). The number of amides is 2. The van der Waals surface area contributed by atoms with E-state index in [0.717, 1.165) is 44.6 Å². The molecule has 0 radical (unpaired) electrons. The number of piperidine rings is 1. The summed E-state index contributed by atoms with van der Waals surface area (Å²) in [5, 5.41) is 2.90. The molecule has 2 aliphatic heterocycles. The number of anilines is 1. The summed E-state index contributed by atoms with van der Waals surface area (Å²) in [6.07, 6.45) is 3.56. The van der Waals surface area contributed by atoms with E-state index in [2.05, 4.69) is 10.2 Å². The van der Waals surface area contributed by atoms with Crippen molar-refractivity contribution < 1.29 is 32.6 Å². The van der Waals surface area contributed by atoms with E-state index in [1.807, 2.05) is 0 Å². The van der Waals surface area contributed by atoms with Gasteiger partial charge in [-0.2, -0.15) is 0 Å². The molecular weight excluding hydrogens is 472 g/mol. The number of carbonyl (C=O) groups excluding carboxylic acids is 3. The van der Waals surface area contributed by atoms with Crippen molar-refractivity contribution in [3.63, 3.8) is 0 Å². The number of likely N-dealkylation sites (tertiary alicyclic amines) is 1. The summed E-state index contributed by atoms with van der Waals surface area (Å²) in [6, 6.07) is 6.47. The Kier molecular flexibility index (Phi) is 8.14. The van der Waals surface area contributed by atoms with E-state index in [1.165, 1.54) is 23.5 Å². The molecule has 2 aromatic carbocycles. The molecule has 10 heteroatoms. The van der Waals surface area contributed by atoms with E-state index in [0.29, 0.717) is 24.0 Å². The Morgan fingerprint density at radius 3 is 2.64 bits per heavy atom. The second-order valence-electron chi connectivity index (χ2n) is 8.89. The van der Waals surface area contributed by atoms with Crippen LogP contribution in [-0.2, 0) is 9.59 Å². The van der Waals surface area contributed by atoms with Gasteiger partial charge in [-0.15, -0.1) is 0 Å². The van der Waals surface area contributed by atoms with Crippen molar-refractivity contribution in [2.24, 2.45) is 0 Å². The van der Waals surface area contributed by atoms with Gasteiger partial charge in [0.1, 0.15) is 17.6 Å². The molecule has 0 bridgehead atoms. The molecule has 2 aromatic rings. The number of rotatable bonds is 9. The van der Waals surface area contributed by atoms with Gasteiger partial charge in [-0.05, 0) is 63.2 Å². The molecule has 2 heterocycles. The fourth-order valence-electron chi connectivity index (χ4n) is 4.37. The van der Waals surface area contributed by atoms with E-state index in [1.54, 1.807) is 13.0 Å². The van der Waals surface area contributed by atoms with Crippen LogP contribution in [0.5, 0.6) is 11.5 Å². The van der Waals surface area contributed by atoms with E-state index >= 15 is 0 Å². The maximum atomic E-state index is 13.8. The summed E-state index contributed by atoms with van der Waals surface area (Å²) in [5.74, 6) is -2.76. The van der Waals surface area contributed by atoms with Crippen LogP contribution >= 0.6 is 0 Å². The number of ketones is 1. The molecule has 1 N–H and O–H groups in total. The third-order valence-corrected chi connectivity index (χ3v) is 6.36. The summed E-state index contributed by atoms with van der Waals surface area (Å²) in [4.78, 5) is 41.9. The summed E-state index contributed by atoms with van der Waals surface area (Å²) in [6.45, 7) is 4.17. The zero-order valence-corrected chi connectivity index (χ0v) is 20.1. The lowest BCUT2D eigenvalue weighted by Crippen LogP contribution is -2.52. The highest BCUT2D eigenvalue weighted by atomic mass is 19.1. The molecule has 1 fully saturated rings. The van der Waals surface area contributed by atoms with Gasteiger partial charge in [0.15, 0.2) is 30.6 Å². The predicted octanol–water partition coefficient (Wildman–Crippen LogP) is 2.94. The van der Waals surface area contributed by atoms with Crippen LogP contribution in [0, 0.1) is 11.6 Å². The maximum absolute atomic E-state index is 13.8. The Morgan fingerprint density at radius 2 is 1.89 bits per heavy atom. The average molecular weight is 502 g/mol. The predicted molar refractivity (Wildman–Crippen MR) is 128 cm³/mol. The number of fused-ring (bicyclic) bond motifs is 1. The first-order valence-corrected chi connectivity index (χ1v) is 12.0. The van der Waals surface area contributed by atoms with Crippen LogP contribution < -0.4 is 19.7 Å². The van der Waals surface area contributed by atoms with Crippen LogP contribution in [0.25, 0.3) is 0 Å². The SMILES string of the molecule is C[C@@H](C(=O)NCCN1CCCCC1)N1C(=O)COc2ccc(C(=O)COc3ccc(F)cc3F)cc21. The number of Topliss-reactive ketones (excluding diaryl/α,β-unsaturated/α-hetero) is 1. The highest BCUT2D eigenvalue weighted by Gasteiger charge is 2.33. The van der Waals surface area contributed by atoms with Gasteiger partial charge in [0.25, 0.3) is 5.91 Å². The minimum atomic E-state index is -0.918. The molecule has 36 heavy (non-hydrogen) atoms. The fraction of sp³-hybridized carbons (Fsp3) is 0.423. The number of hydrogen-bond acceptors (Lipinski definition) is 6.